The molecular formula is C9H8O6. The molecule has 0 saturated carbocycles. The normalized spacial score (nSPS) is 9.67. The van der Waals surface area contributed by atoms with E-state index in [4.69, 9.17) is 5.11 Å². The monoisotopic (exact) mass is 212 g/mol. The lowest BCUT2D eigenvalue weighted by Crippen LogP contribution is -2.04. The van der Waals surface area contributed by atoms with Crippen molar-refractivity contribution in [3.63, 3.8) is 0 Å². The second-order valence-electron chi connectivity index (χ2n) is 2.68. The molecule has 3 N–H and O–H groups in total. The standard InChI is InChI=1S/C9H8O6/c1-15-9(14)5-3-6(10)4(8(12)13)2-7(5)11/h2-3,10-11H,1H3,(H,12,13). The molecule has 0 fully saturated rings. The Bertz CT molecular complexity index is 423. The number of carboxylic acids is 1. The summed E-state index contributed by atoms with van der Waals surface area (Å²) in [7, 11) is 1.10. The van der Waals surface area contributed by atoms with Crippen molar-refractivity contribution < 1.29 is 29.6 Å². The van der Waals surface area contributed by atoms with Gasteiger partial charge in [0.15, 0.2) is 0 Å². The Morgan fingerprint density at radius 2 is 1.60 bits per heavy atom. The minimum absolute atomic E-state index is 0.292. The number of hydrogen-bond donors (Lipinski definition) is 3. The number of aromatic hydroxyl groups is 2. The van der Waals surface area contributed by atoms with Crippen molar-refractivity contribution in [3.8, 4) is 11.5 Å². The SMILES string of the molecule is COC(=O)c1cc(O)c(C(=O)O)cc1O. The fraction of sp³-hybridized carbons (Fsp3) is 0.111. The van der Waals surface area contributed by atoms with E-state index in [1.54, 1.807) is 0 Å². The molecule has 0 aromatic heterocycles. The molecule has 1 aromatic rings. The minimum Gasteiger partial charge on any atom is -0.507 e. The van der Waals surface area contributed by atoms with Crippen LogP contribution >= 0.6 is 0 Å². The van der Waals surface area contributed by atoms with Crippen molar-refractivity contribution in [2.24, 2.45) is 0 Å². The third-order valence-corrected chi connectivity index (χ3v) is 1.75. The van der Waals surface area contributed by atoms with Crippen molar-refractivity contribution in [1.82, 2.24) is 0 Å². The number of aromatic carboxylic acids is 1. The number of carboxylic acid groups (broad SMARTS) is 1. The van der Waals surface area contributed by atoms with Crippen molar-refractivity contribution in [2.45, 2.75) is 0 Å². The van der Waals surface area contributed by atoms with E-state index >= 15 is 0 Å². The third-order valence-electron chi connectivity index (χ3n) is 1.75. The van der Waals surface area contributed by atoms with Gasteiger partial charge in [0.25, 0.3) is 0 Å². The first-order valence-corrected chi connectivity index (χ1v) is 3.85. The Labute approximate surface area is 84.3 Å². The number of phenols is 2. The van der Waals surface area contributed by atoms with Crippen LogP contribution in [0.3, 0.4) is 0 Å². The Balaban J connectivity index is 3.31. The topological polar surface area (TPSA) is 104 Å². The Hall–Kier alpha value is -2.24. The van der Waals surface area contributed by atoms with Gasteiger partial charge in [-0.2, -0.15) is 0 Å². The van der Waals surface area contributed by atoms with Crippen molar-refractivity contribution >= 4 is 11.9 Å². The number of benzene rings is 1. The van der Waals surface area contributed by atoms with E-state index in [0.29, 0.717) is 0 Å². The molecule has 15 heavy (non-hydrogen) atoms. The summed E-state index contributed by atoms with van der Waals surface area (Å²) in [5, 5.41) is 27.1. The van der Waals surface area contributed by atoms with Crippen LogP contribution in [-0.4, -0.2) is 34.4 Å². The summed E-state index contributed by atoms with van der Waals surface area (Å²) < 4.78 is 4.31. The molecule has 0 heterocycles. The van der Waals surface area contributed by atoms with Crippen LogP contribution in [0.1, 0.15) is 20.7 Å². The zero-order chi connectivity index (χ0) is 11.6. The predicted octanol–water partition coefficient (Wildman–Crippen LogP) is 0.583. The van der Waals surface area contributed by atoms with E-state index in [9.17, 15) is 19.8 Å². The molecule has 0 aliphatic heterocycles. The largest absolute Gasteiger partial charge is 0.507 e. The summed E-state index contributed by atoms with van der Waals surface area (Å²) in [6.07, 6.45) is 0. The molecule has 1 rings (SSSR count). The first kappa shape index (κ1) is 10.8. The van der Waals surface area contributed by atoms with Crippen LogP contribution in [0.15, 0.2) is 12.1 Å². The van der Waals surface area contributed by atoms with Gasteiger partial charge in [-0.3, -0.25) is 0 Å². The van der Waals surface area contributed by atoms with Gasteiger partial charge in [-0.05, 0) is 12.1 Å². The molecule has 0 spiro atoms. The van der Waals surface area contributed by atoms with E-state index in [2.05, 4.69) is 4.74 Å². The van der Waals surface area contributed by atoms with Crippen LogP contribution in [0.4, 0.5) is 0 Å². The van der Waals surface area contributed by atoms with Crippen molar-refractivity contribution in [2.75, 3.05) is 7.11 Å². The number of rotatable bonds is 2. The van der Waals surface area contributed by atoms with Crippen LogP contribution in [0.25, 0.3) is 0 Å². The van der Waals surface area contributed by atoms with Crippen molar-refractivity contribution in [1.29, 1.82) is 0 Å². The maximum Gasteiger partial charge on any atom is 0.341 e. The molecule has 6 nitrogen and oxygen atoms in total. The molecule has 0 bridgehead atoms. The van der Waals surface area contributed by atoms with Crippen LogP contribution < -0.4 is 0 Å². The highest BCUT2D eigenvalue weighted by Crippen LogP contribution is 2.27. The van der Waals surface area contributed by atoms with Gasteiger partial charge in [0.2, 0.25) is 0 Å². The summed E-state index contributed by atoms with van der Waals surface area (Å²) >= 11 is 0. The highest BCUT2D eigenvalue weighted by Gasteiger charge is 2.18. The minimum atomic E-state index is -1.40. The quantitative estimate of drug-likeness (QED) is 0.489. The lowest BCUT2D eigenvalue weighted by Gasteiger charge is -2.05. The molecule has 0 aliphatic carbocycles. The fourth-order valence-electron chi connectivity index (χ4n) is 1.02. The Kier molecular flexibility index (Phi) is 2.80. The number of phenolic OH excluding ortho intramolecular Hbond substituents is 1. The molecule has 0 radical (unpaired) electrons. The van der Waals surface area contributed by atoms with Crippen molar-refractivity contribution in [3.05, 3.63) is 23.3 Å². The zero-order valence-corrected chi connectivity index (χ0v) is 7.72. The average Bonchev–Trinajstić information content (AvgIpc) is 2.19. The molecule has 6 heteroatoms. The van der Waals surface area contributed by atoms with Crippen LogP contribution in [-0.2, 0) is 4.74 Å². The predicted molar refractivity (Wildman–Crippen MR) is 48.1 cm³/mol. The maximum absolute atomic E-state index is 11.0. The second-order valence-corrected chi connectivity index (χ2v) is 2.68. The maximum atomic E-state index is 11.0. The molecular weight excluding hydrogens is 204 g/mol. The van der Waals surface area contributed by atoms with E-state index in [1.807, 2.05) is 0 Å². The molecule has 1 aromatic carbocycles. The van der Waals surface area contributed by atoms with Gasteiger partial charge in [-0.15, -0.1) is 0 Å². The molecule has 80 valence electrons. The molecule has 0 amide bonds. The summed E-state index contributed by atoms with van der Waals surface area (Å²) in [5.74, 6) is -3.43. The third kappa shape index (κ3) is 1.98. The first-order chi connectivity index (χ1) is 6.97. The van der Waals surface area contributed by atoms with Crippen LogP contribution in [0.2, 0.25) is 0 Å². The summed E-state index contributed by atoms with van der Waals surface area (Å²) in [6.45, 7) is 0. The van der Waals surface area contributed by atoms with E-state index in [1.165, 1.54) is 0 Å². The zero-order valence-electron chi connectivity index (χ0n) is 7.72. The van der Waals surface area contributed by atoms with Gasteiger partial charge in [0.05, 0.1) is 7.11 Å². The number of carbonyl (C=O) groups is 2. The number of methoxy groups -OCH3 is 1. The molecule has 0 aliphatic rings. The number of ether oxygens (including phenoxy) is 1. The Morgan fingerprint density at radius 3 is 2.07 bits per heavy atom. The number of hydrogen-bond acceptors (Lipinski definition) is 5. The molecule has 0 atom stereocenters. The lowest BCUT2D eigenvalue weighted by molar-refractivity contribution is 0.0594. The smallest absolute Gasteiger partial charge is 0.341 e. The van der Waals surface area contributed by atoms with Gasteiger partial charge < -0.3 is 20.1 Å². The van der Waals surface area contributed by atoms with Crippen LogP contribution in [0.5, 0.6) is 11.5 Å². The summed E-state index contributed by atoms with van der Waals surface area (Å²) in [6, 6.07) is 1.62. The van der Waals surface area contributed by atoms with Gasteiger partial charge >= 0.3 is 11.9 Å². The Morgan fingerprint density at radius 1 is 1.13 bits per heavy atom. The highest BCUT2D eigenvalue weighted by atomic mass is 16.5. The fourth-order valence-corrected chi connectivity index (χ4v) is 1.02. The number of carbonyl (C=O) groups excluding carboxylic acids is 1. The summed E-state index contributed by atoms with van der Waals surface area (Å²) in [4.78, 5) is 21.6. The average molecular weight is 212 g/mol. The first-order valence-electron chi connectivity index (χ1n) is 3.85. The van der Waals surface area contributed by atoms with Gasteiger partial charge in [0.1, 0.15) is 22.6 Å². The van der Waals surface area contributed by atoms with E-state index in [0.717, 1.165) is 19.2 Å². The highest BCUT2D eigenvalue weighted by molar-refractivity contribution is 5.97. The van der Waals surface area contributed by atoms with Gasteiger partial charge in [0, 0.05) is 0 Å². The molecule has 0 unspecified atom stereocenters. The van der Waals surface area contributed by atoms with Gasteiger partial charge in [-0.25, -0.2) is 9.59 Å². The summed E-state index contributed by atoms with van der Waals surface area (Å²) in [5.41, 5.74) is -0.778. The molecule has 0 saturated heterocycles. The second kappa shape index (κ2) is 3.87. The van der Waals surface area contributed by atoms with Crippen LogP contribution in [0, 0.1) is 0 Å². The van der Waals surface area contributed by atoms with Gasteiger partial charge in [-0.1, -0.05) is 0 Å². The van der Waals surface area contributed by atoms with E-state index in [-0.39, 0.29) is 5.56 Å². The van der Waals surface area contributed by atoms with E-state index < -0.39 is 29.0 Å². The lowest BCUT2D eigenvalue weighted by atomic mass is 10.1. The number of esters is 1.